The van der Waals surface area contributed by atoms with Crippen LogP contribution < -0.4 is 26.2 Å². The van der Waals surface area contributed by atoms with Crippen molar-refractivity contribution in [1.82, 2.24) is 20.8 Å². The highest BCUT2D eigenvalue weighted by Gasteiger charge is 2.44. The van der Waals surface area contributed by atoms with Gasteiger partial charge in [0.1, 0.15) is 11.4 Å². The summed E-state index contributed by atoms with van der Waals surface area (Å²) >= 11 is 0. The number of anilines is 2. The lowest BCUT2D eigenvalue weighted by Crippen LogP contribution is -2.59. The Bertz CT molecular complexity index is 1370. The summed E-state index contributed by atoms with van der Waals surface area (Å²) in [7, 11) is 0. The fraction of sp³-hybridized carbons (Fsp3) is 0.250. The molecule has 3 aromatic rings. The highest BCUT2D eigenvalue weighted by atomic mass is 19.4. The molecule has 0 saturated carbocycles. The van der Waals surface area contributed by atoms with Gasteiger partial charge in [0.25, 0.3) is 5.56 Å². The van der Waals surface area contributed by atoms with E-state index in [2.05, 4.69) is 26.1 Å². The van der Waals surface area contributed by atoms with Crippen LogP contribution in [-0.4, -0.2) is 41.0 Å². The summed E-state index contributed by atoms with van der Waals surface area (Å²) in [5, 5.41) is 13.5. The second kappa shape index (κ2) is 10.9. The number of rotatable bonds is 7. The van der Waals surface area contributed by atoms with Gasteiger partial charge in [0, 0.05) is 31.3 Å². The van der Waals surface area contributed by atoms with Crippen molar-refractivity contribution in [3.05, 3.63) is 82.0 Å². The lowest BCUT2D eigenvalue weighted by Gasteiger charge is -2.27. The van der Waals surface area contributed by atoms with Gasteiger partial charge in [-0.3, -0.25) is 9.59 Å². The van der Waals surface area contributed by atoms with Crippen molar-refractivity contribution in [1.29, 1.82) is 0 Å². The Balaban J connectivity index is 1.37. The molecule has 200 valence electrons. The second-order valence-electron chi connectivity index (χ2n) is 8.37. The molecule has 2 amide bonds. The third kappa shape index (κ3) is 6.45. The van der Waals surface area contributed by atoms with Gasteiger partial charge >= 0.3 is 12.3 Å². The molecule has 4 rings (SSSR count). The van der Waals surface area contributed by atoms with E-state index in [0.29, 0.717) is 17.3 Å². The van der Waals surface area contributed by atoms with Gasteiger partial charge in [-0.15, -0.1) is 0 Å². The van der Waals surface area contributed by atoms with E-state index in [-0.39, 0.29) is 37.6 Å². The molecule has 1 aromatic heterocycles. The predicted molar refractivity (Wildman–Crippen MR) is 125 cm³/mol. The molecule has 1 saturated heterocycles. The van der Waals surface area contributed by atoms with Gasteiger partial charge in [0.2, 0.25) is 5.91 Å². The number of amides is 2. The Kier molecular flexibility index (Phi) is 7.62. The number of ether oxygens (including phenoxy) is 2. The van der Waals surface area contributed by atoms with E-state index in [1.165, 1.54) is 12.1 Å². The zero-order valence-corrected chi connectivity index (χ0v) is 19.5. The molecule has 0 unspecified atom stereocenters. The van der Waals surface area contributed by atoms with Crippen molar-refractivity contribution < 1.29 is 36.6 Å². The van der Waals surface area contributed by atoms with Crippen molar-refractivity contribution in [2.75, 3.05) is 18.5 Å². The Hall–Kier alpha value is -4.46. The number of H-pyrrole nitrogens is 1. The zero-order valence-electron chi connectivity index (χ0n) is 19.5. The summed E-state index contributed by atoms with van der Waals surface area (Å²) in [6, 6.07) is 9.52. The summed E-state index contributed by atoms with van der Waals surface area (Å²) in [6.45, 7) is 0.146. The first-order valence-electron chi connectivity index (χ1n) is 11.2. The number of benzene rings is 2. The number of nitrogens with one attached hydrogen (secondary N) is 4. The van der Waals surface area contributed by atoms with Crippen molar-refractivity contribution in [3.8, 4) is 5.75 Å². The molecule has 1 aliphatic rings. The van der Waals surface area contributed by atoms with E-state index >= 15 is 0 Å². The molecule has 10 nitrogen and oxygen atoms in total. The first kappa shape index (κ1) is 26.6. The van der Waals surface area contributed by atoms with E-state index in [4.69, 9.17) is 9.47 Å². The van der Waals surface area contributed by atoms with Gasteiger partial charge < -0.3 is 25.4 Å². The quantitative estimate of drug-likeness (QED) is 0.341. The highest BCUT2D eigenvalue weighted by molar-refractivity contribution is 5.90. The summed E-state index contributed by atoms with van der Waals surface area (Å²) < 4.78 is 63.3. The van der Waals surface area contributed by atoms with E-state index in [9.17, 15) is 31.9 Å². The molecule has 1 atom stereocenters. The smallest absolute Gasteiger partial charge is 0.408 e. The standard InChI is InChI=1S/C24H21F4N5O5/c25-15-3-6-19(18(9-15)24(26,27)28)31-16-4-1-14(2-5-16)11-29-21(35)23(7-8-37-13-23)32-22(36)38-17-10-20(34)33-30-12-17/h1-6,9-10,12,31H,7-8,11,13H2,(H,29,35)(H,32,36)(H,33,34)/t23-/m0/s1. The summed E-state index contributed by atoms with van der Waals surface area (Å²) in [4.78, 5) is 36.6. The molecule has 0 aliphatic carbocycles. The molecule has 1 aliphatic heterocycles. The van der Waals surface area contributed by atoms with Crippen LogP contribution in [0.25, 0.3) is 0 Å². The van der Waals surface area contributed by atoms with Crippen molar-refractivity contribution in [2.45, 2.75) is 24.7 Å². The average Bonchev–Trinajstić information content (AvgIpc) is 3.33. The maximum atomic E-state index is 13.3. The number of aromatic nitrogens is 2. The Morgan fingerprint density at radius 3 is 2.55 bits per heavy atom. The van der Waals surface area contributed by atoms with Crippen molar-refractivity contribution in [2.24, 2.45) is 0 Å². The molecule has 1 fully saturated rings. The summed E-state index contributed by atoms with van der Waals surface area (Å²) in [6.07, 6.45) is -4.43. The van der Waals surface area contributed by atoms with Crippen LogP contribution in [0.4, 0.5) is 33.7 Å². The molecular weight excluding hydrogens is 514 g/mol. The molecule has 0 bridgehead atoms. The average molecular weight is 535 g/mol. The fourth-order valence-electron chi connectivity index (χ4n) is 3.71. The van der Waals surface area contributed by atoms with Crippen LogP contribution in [0.1, 0.15) is 17.5 Å². The molecule has 0 spiro atoms. The normalized spacial score (nSPS) is 17.1. The fourth-order valence-corrected chi connectivity index (χ4v) is 3.71. The molecule has 2 heterocycles. The first-order valence-corrected chi connectivity index (χ1v) is 11.2. The number of aromatic amines is 1. The topological polar surface area (TPSA) is 134 Å². The largest absolute Gasteiger partial charge is 0.418 e. The van der Waals surface area contributed by atoms with Gasteiger partial charge in [-0.2, -0.15) is 18.3 Å². The maximum absolute atomic E-state index is 13.3. The maximum Gasteiger partial charge on any atom is 0.418 e. The van der Waals surface area contributed by atoms with Crippen LogP contribution in [0.15, 0.2) is 59.5 Å². The molecule has 2 aromatic carbocycles. The summed E-state index contributed by atoms with van der Waals surface area (Å²) in [5.41, 5.74) is -2.51. The predicted octanol–water partition coefficient (Wildman–Crippen LogP) is 3.24. The van der Waals surface area contributed by atoms with Gasteiger partial charge in [0.05, 0.1) is 24.1 Å². The minimum Gasteiger partial charge on any atom is -0.408 e. The molecule has 0 radical (unpaired) electrons. The van der Waals surface area contributed by atoms with Crippen molar-refractivity contribution in [3.63, 3.8) is 0 Å². The Morgan fingerprint density at radius 1 is 1.13 bits per heavy atom. The number of halogens is 4. The van der Waals surface area contributed by atoms with Crippen LogP contribution in [0.2, 0.25) is 0 Å². The minimum absolute atomic E-state index is 0.0416. The van der Waals surface area contributed by atoms with Gasteiger partial charge in [-0.25, -0.2) is 14.3 Å². The van der Waals surface area contributed by atoms with Crippen molar-refractivity contribution >= 4 is 23.4 Å². The lowest BCUT2D eigenvalue weighted by atomic mass is 9.97. The first-order chi connectivity index (χ1) is 18.0. The number of alkyl halides is 3. The number of hydrogen-bond donors (Lipinski definition) is 4. The Morgan fingerprint density at radius 2 is 1.89 bits per heavy atom. The number of carbonyl (C=O) groups is 2. The molecule has 38 heavy (non-hydrogen) atoms. The number of hydrogen-bond acceptors (Lipinski definition) is 7. The number of nitrogens with zero attached hydrogens (tertiary/aromatic N) is 1. The van der Waals surface area contributed by atoms with Gasteiger partial charge in [0.15, 0.2) is 5.75 Å². The van der Waals surface area contributed by atoms with E-state index < -0.39 is 40.7 Å². The van der Waals surface area contributed by atoms with Crippen LogP contribution >= 0.6 is 0 Å². The van der Waals surface area contributed by atoms with Crippen LogP contribution in [0.5, 0.6) is 5.75 Å². The molecular formula is C24H21F4N5O5. The third-order valence-corrected chi connectivity index (χ3v) is 5.62. The zero-order chi connectivity index (χ0) is 27.3. The monoisotopic (exact) mass is 535 g/mol. The lowest BCUT2D eigenvalue weighted by molar-refractivity contribution is -0.137. The van der Waals surface area contributed by atoms with Gasteiger partial charge in [-0.05, 0) is 35.9 Å². The second-order valence-corrected chi connectivity index (χ2v) is 8.37. The van der Waals surface area contributed by atoms with Crippen LogP contribution in [0.3, 0.4) is 0 Å². The van der Waals surface area contributed by atoms with Crippen LogP contribution in [0, 0.1) is 5.82 Å². The van der Waals surface area contributed by atoms with Crippen LogP contribution in [-0.2, 0) is 22.3 Å². The van der Waals surface area contributed by atoms with E-state index in [1.54, 1.807) is 12.1 Å². The minimum atomic E-state index is -4.75. The van der Waals surface area contributed by atoms with E-state index in [0.717, 1.165) is 24.4 Å². The third-order valence-electron chi connectivity index (χ3n) is 5.62. The van der Waals surface area contributed by atoms with Gasteiger partial charge in [-0.1, -0.05) is 12.1 Å². The summed E-state index contributed by atoms with van der Waals surface area (Å²) in [5.74, 6) is -1.66. The Labute approximate surface area is 212 Å². The highest BCUT2D eigenvalue weighted by Crippen LogP contribution is 2.36. The molecule has 14 heteroatoms. The molecule has 4 N–H and O–H groups in total. The number of carbonyl (C=O) groups excluding carboxylic acids is 2. The van der Waals surface area contributed by atoms with E-state index in [1.807, 2.05) is 0 Å². The SMILES string of the molecule is O=C(N[C@@]1(C(=O)NCc2ccc(Nc3ccc(F)cc3C(F)(F)F)cc2)CCOC1)Oc1cn[nH]c(=O)c1.